The molecule has 0 atom stereocenters. The molecule has 0 bridgehead atoms. The van der Waals surface area contributed by atoms with Crippen LogP contribution in [-0.2, 0) is 19.1 Å². The molecule has 2 saturated heterocycles. The Morgan fingerprint density at radius 2 is 1.88 bits per heavy atom. The normalized spacial score (nSPS) is 20.1. The van der Waals surface area contributed by atoms with E-state index in [0.29, 0.717) is 15.4 Å². The van der Waals surface area contributed by atoms with Crippen LogP contribution >= 0.6 is 11.3 Å². The SMILES string of the molecule is COC(=O)c1sc(C#CC(C)C)cc1N(C(C)=O)C1(CC(=O)N2CC3(COC3)C2)CCCCC1. The number of methoxy groups -OCH3 is 1. The number of carbonyl (C=O) groups excluding carboxylic acids is 3. The van der Waals surface area contributed by atoms with Gasteiger partial charge in [0.1, 0.15) is 4.88 Å². The van der Waals surface area contributed by atoms with Gasteiger partial charge in [-0.2, -0.15) is 0 Å². The fraction of sp³-hybridized carbons (Fsp3) is 0.654. The van der Waals surface area contributed by atoms with E-state index >= 15 is 0 Å². The number of amides is 2. The maximum absolute atomic E-state index is 13.4. The van der Waals surface area contributed by atoms with E-state index in [1.165, 1.54) is 25.4 Å². The molecule has 34 heavy (non-hydrogen) atoms. The molecule has 1 aromatic heterocycles. The minimum atomic E-state index is -0.660. The largest absolute Gasteiger partial charge is 0.465 e. The first kappa shape index (κ1) is 24.7. The number of nitrogens with zero attached hydrogens (tertiary/aromatic N) is 2. The van der Waals surface area contributed by atoms with Crippen LogP contribution in [0.1, 0.15) is 73.8 Å². The van der Waals surface area contributed by atoms with E-state index < -0.39 is 11.5 Å². The van der Waals surface area contributed by atoms with Gasteiger partial charge in [-0.05, 0) is 18.9 Å². The molecule has 2 amide bonds. The van der Waals surface area contributed by atoms with Crippen molar-refractivity contribution in [3.8, 4) is 11.8 Å². The van der Waals surface area contributed by atoms with Crippen LogP contribution in [0.3, 0.4) is 0 Å². The molecular formula is C26H34N2O5S. The highest BCUT2D eigenvalue weighted by atomic mass is 32.1. The second-order valence-electron chi connectivity index (χ2n) is 10.3. The molecule has 1 saturated carbocycles. The topological polar surface area (TPSA) is 76.2 Å². The Balaban J connectivity index is 1.69. The number of thiophene rings is 1. The number of hydrogen-bond acceptors (Lipinski definition) is 6. The van der Waals surface area contributed by atoms with Crippen molar-refractivity contribution < 1.29 is 23.9 Å². The van der Waals surface area contributed by atoms with E-state index in [4.69, 9.17) is 9.47 Å². The third kappa shape index (κ3) is 4.73. The van der Waals surface area contributed by atoms with Gasteiger partial charge in [0.15, 0.2) is 0 Å². The Bertz CT molecular complexity index is 1020. The molecule has 3 aliphatic rings. The van der Waals surface area contributed by atoms with Crippen LogP contribution in [0.4, 0.5) is 5.69 Å². The fourth-order valence-electron chi connectivity index (χ4n) is 5.42. The number of hydrogen-bond donors (Lipinski definition) is 0. The second kappa shape index (κ2) is 9.71. The van der Waals surface area contributed by atoms with Crippen LogP contribution in [0.25, 0.3) is 0 Å². The highest BCUT2D eigenvalue weighted by Crippen LogP contribution is 2.45. The molecule has 3 fully saturated rings. The summed E-state index contributed by atoms with van der Waals surface area (Å²) in [7, 11) is 1.34. The fourth-order valence-corrected chi connectivity index (χ4v) is 6.34. The smallest absolute Gasteiger partial charge is 0.350 e. The summed E-state index contributed by atoms with van der Waals surface area (Å²) in [6.45, 7) is 8.42. The van der Waals surface area contributed by atoms with Crippen molar-refractivity contribution in [2.75, 3.05) is 38.3 Å². The Kier molecular flexibility index (Phi) is 7.07. The lowest BCUT2D eigenvalue weighted by Crippen LogP contribution is -2.68. The Morgan fingerprint density at radius 3 is 2.41 bits per heavy atom. The van der Waals surface area contributed by atoms with Gasteiger partial charge in [0.25, 0.3) is 0 Å². The minimum absolute atomic E-state index is 0.0698. The van der Waals surface area contributed by atoms with Gasteiger partial charge < -0.3 is 19.3 Å². The summed E-state index contributed by atoms with van der Waals surface area (Å²) in [5, 5.41) is 0. The summed E-state index contributed by atoms with van der Waals surface area (Å²) >= 11 is 1.24. The molecule has 0 N–H and O–H groups in total. The number of anilines is 1. The summed E-state index contributed by atoms with van der Waals surface area (Å²) < 4.78 is 10.4. The summed E-state index contributed by atoms with van der Waals surface area (Å²) in [6.07, 6.45) is 4.66. The lowest BCUT2D eigenvalue weighted by molar-refractivity contribution is -0.195. The maximum atomic E-state index is 13.4. The van der Waals surface area contributed by atoms with Crippen molar-refractivity contribution in [2.24, 2.45) is 11.3 Å². The Morgan fingerprint density at radius 1 is 1.21 bits per heavy atom. The minimum Gasteiger partial charge on any atom is -0.465 e. The average Bonchev–Trinajstić information content (AvgIpc) is 3.13. The monoisotopic (exact) mass is 486 g/mol. The van der Waals surface area contributed by atoms with Crippen LogP contribution in [0.15, 0.2) is 6.07 Å². The molecular weight excluding hydrogens is 452 g/mol. The number of esters is 1. The van der Waals surface area contributed by atoms with Gasteiger partial charge in [-0.1, -0.05) is 45.0 Å². The third-order valence-electron chi connectivity index (χ3n) is 7.08. The van der Waals surface area contributed by atoms with Crippen molar-refractivity contribution in [3.05, 3.63) is 15.8 Å². The van der Waals surface area contributed by atoms with Gasteiger partial charge >= 0.3 is 5.97 Å². The molecule has 1 aromatic rings. The van der Waals surface area contributed by atoms with Gasteiger partial charge in [-0.15, -0.1) is 11.3 Å². The highest BCUT2D eigenvalue weighted by Gasteiger charge is 2.52. The van der Waals surface area contributed by atoms with Crippen molar-refractivity contribution in [1.82, 2.24) is 4.90 Å². The van der Waals surface area contributed by atoms with Gasteiger partial charge in [-0.25, -0.2) is 4.79 Å². The summed E-state index contributed by atoms with van der Waals surface area (Å²) in [5.74, 6) is 5.85. The third-order valence-corrected chi connectivity index (χ3v) is 8.10. The quantitative estimate of drug-likeness (QED) is 0.467. The molecule has 184 valence electrons. The van der Waals surface area contributed by atoms with E-state index in [9.17, 15) is 14.4 Å². The van der Waals surface area contributed by atoms with Crippen LogP contribution < -0.4 is 4.90 Å². The van der Waals surface area contributed by atoms with Crippen molar-refractivity contribution >= 4 is 34.8 Å². The number of rotatable bonds is 5. The zero-order valence-corrected chi connectivity index (χ0v) is 21.4. The van der Waals surface area contributed by atoms with Crippen LogP contribution in [-0.4, -0.2) is 61.6 Å². The van der Waals surface area contributed by atoms with Crippen molar-refractivity contribution in [1.29, 1.82) is 0 Å². The standard InChI is InChI=1S/C26H34N2O5S/c1-18(2)8-9-20-12-21(23(34-20)24(31)32-4)28(19(3)29)26(10-6-5-7-11-26)13-22(30)27-14-25(15-27)16-33-17-25/h12,18H,5-7,10-11,13-17H2,1-4H3. The van der Waals surface area contributed by atoms with E-state index in [1.54, 1.807) is 4.90 Å². The first-order valence-corrected chi connectivity index (χ1v) is 12.9. The summed E-state index contributed by atoms with van der Waals surface area (Å²) in [6, 6.07) is 1.82. The molecule has 4 rings (SSSR count). The molecule has 0 unspecified atom stereocenters. The van der Waals surface area contributed by atoms with Gasteiger partial charge in [0, 0.05) is 25.9 Å². The van der Waals surface area contributed by atoms with Crippen molar-refractivity contribution in [3.63, 3.8) is 0 Å². The van der Waals surface area contributed by atoms with Crippen LogP contribution in [0.2, 0.25) is 0 Å². The molecule has 0 aromatic carbocycles. The molecule has 0 radical (unpaired) electrons. The molecule has 8 heteroatoms. The predicted octanol–water partition coefficient (Wildman–Crippen LogP) is 3.85. The van der Waals surface area contributed by atoms with Crippen LogP contribution in [0, 0.1) is 23.2 Å². The van der Waals surface area contributed by atoms with E-state index in [0.717, 1.165) is 58.4 Å². The first-order chi connectivity index (χ1) is 16.2. The highest BCUT2D eigenvalue weighted by molar-refractivity contribution is 7.15. The molecule has 2 aliphatic heterocycles. The summed E-state index contributed by atoms with van der Waals surface area (Å²) in [5.41, 5.74) is -0.00270. The molecule has 1 spiro atoms. The van der Waals surface area contributed by atoms with Gasteiger partial charge in [0.05, 0.1) is 48.3 Å². The van der Waals surface area contributed by atoms with Gasteiger partial charge in [0.2, 0.25) is 11.8 Å². The Hall–Kier alpha value is -2.37. The molecule has 3 heterocycles. The lowest BCUT2D eigenvalue weighted by atomic mass is 9.74. The number of carbonyl (C=O) groups is 3. The van der Waals surface area contributed by atoms with Gasteiger partial charge in [-0.3, -0.25) is 9.59 Å². The zero-order chi connectivity index (χ0) is 24.5. The second-order valence-corrected chi connectivity index (χ2v) is 11.4. The molecule has 7 nitrogen and oxygen atoms in total. The Labute approximate surface area is 205 Å². The van der Waals surface area contributed by atoms with E-state index in [2.05, 4.69) is 11.8 Å². The average molecular weight is 487 g/mol. The zero-order valence-electron chi connectivity index (χ0n) is 20.6. The maximum Gasteiger partial charge on any atom is 0.350 e. The van der Waals surface area contributed by atoms with E-state index in [-0.39, 0.29) is 29.6 Å². The van der Waals surface area contributed by atoms with Crippen LogP contribution in [0.5, 0.6) is 0 Å². The van der Waals surface area contributed by atoms with Crippen molar-refractivity contribution in [2.45, 2.75) is 64.8 Å². The first-order valence-electron chi connectivity index (χ1n) is 12.1. The number of ether oxygens (including phenoxy) is 2. The lowest BCUT2D eigenvalue weighted by Gasteiger charge is -2.56. The summed E-state index contributed by atoms with van der Waals surface area (Å²) in [4.78, 5) is 44.0. The predicted molar refractivity (Wildman–Crippen MR) is 131 cm³/mol. The van der Waals surface area contributed by atoms with E-state index in [1.807, 2.05) is 24.8 Å². The molecule has 1 aliphatic carbocycles. The number of likely N-dealkylation sites (tertiary alicyclic amines) is 1.